The summed E-state index contributed by atoms with van der Waals surface area (Å²) in [6, 6.07) is 17.5. The van der Waals surface area contributed by atoms with E-state index in [4.69, 9.17) is 15.5 Å². The number of piperidine rings is 1. The molecule has 2 aromatic carbocycles. The predicted octanol–water partition coefficient (Wildman–Crippen LogP) is 3.69. The Morgan fingerprint density at radius 2 is 1.81 bits per heavy atom. The zero-order chi connectivity index (χ0) is 18.8. The van der Waals surface area contributed by atoms with Gasteiger partial charge >= 0.3 is 0 Å². The maximum Gasteiger partial charge on any atom is 0.248 e. The van der Waals surface area contributed by atoms with Gasteiger partial charge in [-0.05, 0) is 48.9 Å². The van der Waals surface area contributed by atoms with Gasteiger partial charge in [-0.3, -0.25) is 4.79 Å². The molecule has 0 aliphatic carbocycles. The van der Waals surface area contributed by atoms with Crippen LogP contribution in [0.25, 0.3) is 10.9 Å². The van der Waals surface area contributed by atoms with Gasteiger partial charge in [-0.1, -0.05) is 18.2 Å². The molecule has 0 atom stereocenters. The Bertz CT molecular complexity index is 961. The van der Waals surface area contributed by atoms with Crippen molar-refractivity contribution in [3.8, 4) is 5.75 Å². The first-order chi connectivity index (χ1) is 13.1. The Kier molecular flexibility index (Phi) is 4.67. The number of amides is 1. The van der Waals surface area contributed by atoms with Crippen molar-refractivity contribution in [1.82, 2.24) is 4.98 Å². The van der Waals surface area contributed by atoms with Crippen LogP contribution in [0.5, 0.6) is 5.75 Å². The highest BCUT2D eigenvalue weighted by molar-refractivity contribution is 5.92. The Balaban J connectivity index is 1.41. The Hall–Kier alpha value is -3.08. The summed E-state index contributed by atoms with van der Waals surface area (Å²) in [6.45, 7) is 3.95. The number of pyridine rings is 1. The average molecular weight is 361 g/mol. The lowest BCUT2D eigenvalue weighted by molar-refractivity contribution is 0.1000. The maximum absolute atomic E-state index is 11.2. The molecule has 0 radical (unpaired) electrons. The van der Waals surface area contributed by atoms with Gasteiger partial charge in [0.15, 0.2) is 0 Å². The fourth-order valence-electron chi connectivity index (χ4n) is 3.61. The summed E-state index contributed by atoms with van der Waals surface area (Å²) in [5.74, 6) is 1.42. The van der Waals surface area contributed by atoms with Gasteiger partial charge in [-0.15, -0.1) is 0 Å². The van der Waals surface area contributed by atoms with Crippen molar-refractivity contribution in [2.24, 2.45) is 5.73 Å². The van der Waals surface area contributed by atoms with E-state index in [-0.39, 0.29) is 6.10 Å². The number of anilines is 1. The molecular formula is C22H23N3O2. The van der Waals surface area contributed by atoms with Gasteiger partial charge in [-0.25, -0.2) is 4.98 Å². The topological polar surface area (TPSA) is 68.5 Å². The summed E-state index contributed by atoms with van der Waals surface area (Å²) in [5.41, 5.74) is 8.01. The summed E-state index contributed by atoms with van der Waals surface area (Å²) in [4.78, 5) is 18.4. The fraction of sp³-hybridized carbons (Fsp3) is 0.273. The van der Waals surface area contributed by atoms with Crippen LogP contribution < -0.4 is 15.4 Å². The number of nitrogens with zero attached hydrogens (tertiary/aromatic N) is 2. The van der Waals surface area contributed by atoms with Crippen LogP contribution in [-0.2, 0) is 0 Å². The number of rotatable bonds is 4. The monoisotopic (exact) mass is 361 g/mol. The zero-order valence-corrected chi connectivity index (χ0v) is 15.4. The normalized spacial score (nSPS) is 15.1. The van der Waals surface area contributed by atoms with Gasteiger partial charge in [-0.2, -0.15) is 0 Å². The second-order valence-electron chi connectivity index (χ2n) is 7.01. The molecule has 1 fully saturated rings. The first-order valence-corrected chi connectivity index (χ1v) is 9.28. The molecule has 0 unspecified atom stereocenters. The Morgan fingerprint density at radius 1 is 1.11 bits per heavy atom. The van der Waals surface area contributed by atoms with Gasteiger partial charge in [0.25, 0.3) is 0 Å². The highest BCUT2D eigenvalue weighted by atomic mass is 16.5. The molecule has 2 heterocycles. The van der Waals surface area contributed by atoms with Crippen LogP contribution in [0.4, 0.5) is 5.82 Å². The van der Waals surface area contributed by atoms with Gasteiger partial charge in [0.2, 0.25) is 5.91 Å². The molecule has 0 bridgehead atoms. The smallest absolute Gasteiger partial charge is 0.248 e. The lowest BCUT2D eigenvalue weighted by Crippen LogP contribution is -2.39. The number of hydrogen-bond acceptors (Lipinski definition) is 4. The zero-order valence-electron chi connectivity index (χ0n) is 15.4. The molecule has 1 amide bonds. The number of aromatic nitrogens is 1. The minimum Gasteiger partial charge on any atom is -0.490 e. The minimum absolute atomic E-state index is 0.168. The molecule has 2 N–H and O–H groups in total. The minimum atomic E-state index is -0.423. The quantitative estimate of drug-likeness (QED) is 0.769. The molecule has 0 spiro atoms. The van der Waals surface area contributed by atoms with Crippen molar-refractivity contribution in [3.63, 3.8) is 0 Å². The van der Waals surface area contributed by atoms with E-state index >= 15 is 0 Å². The average Bonchev–Trinajstić information content (AvgIpc) is 2.68. The lowest BCUT2D eigenvalue weighted by Gasteiger charge is -2.33. The Morgan fingerprint density at radius 3 is 2.52 bits per heavy atom. The second kappa shape index (κ2) is 7.27. The van der Waals surface area contributed by atoms with E-state index in [1.54, 1.807) is 12.1 Å². The molecule has 1 aliphatic heterocycles. The third kappa shape index (κ3) is 3.72. The highest BCUT2D eigenvalue weighted by Crippen LogP contribution is 2.27. The predicted molar refractivity (Wildman–Crippen MR) is 107 cm³/mol. The first-order valence-electron chi connectivity index (χ1n) is 9.28. The second-order valence-corrected chi connectivity index (χ2v) is 7.01. The molecule has 3 aromatic rings. The number of primary amides is 1. The molecule has 0 saturated carbocycles. The van der Waals surface area contributed by atoms with Gasteiger partial charge < -0.3 is 15.4 Å². The largest absolute Gasteiger partial charge is 0.490 e. The molecule has 5 nitrogen and oxygen atoms in total. The lowest BCUT2D eigenvalue weighted by atomic mass is 10.1. The number of aryl methyl sites for hydroxylation is 1. The third-order valence-corrected chi connectivity index (χ3v) is 5.07. The van der Waals surface area contributed by atoms with Crippen LogP contribution in [0.3, 0.4) is 0 Å². The van der Waals surface area contributed by atoms with Gasteiger partial charge in [0, 0.05) is 36.9 Å². The molecule has 27 heavy (non-hydrogen) atoms. The van der Waals surface area contributed by atoms with Gasteiger partial charge in [0.1, 0.15) is 17.7 Å². The number of nitrogens with two attached hydrogens (primary N) is 1. The van der Waals surface area contributed by atoms with Crippen molar-refractivity contribution in [1.29, 1.82) is 0 Å². The number of carbonyl (C=O) groups is 1. The van der Waals surface area contributed by atoms with E-state index < -0.39 is 5.91 Å². The van der Waals surface area contributed by atoms with Crippen LogP contribution in [-0.4, -0.2) is 30.1 Å². The van der Waals surface area contributed by atoms with E-state index in [1.165, 1.54) is 10.9 Å². The van der Waals surface area contributed by atoms with E-state index in [2.05, 4.69) is 30.0 Å². The number of para-hydroxylation sites is 1. The third-order valence-electron chi connectivity index (χ3n) is 5.07. The van der Waals surface area contributed by atoms with Crippen LogP contribution in [0.1, 0.15) is 28.8 Å². The van der Waals surface area contributed by atoms with Crippen LogP contribution >= 0.6 is 0 Å². The molecular weight excluding hydrogens is 338 g/mol. The first kappa shape index (κ1) is 17.3. The summed E-state index contributed by atoms with van der Waals surface area (Å²) in [6.07, 6.45) is 2.04. The van der Waals surface area contributed by atoms with Crippen molar-refractivity contribution in [3.05, 3.63) is 65.7 Å². The van der Waals surface area contributed by atoms with Crippen LogP contribution in [0, 0.1) is 6.92 Å². The van der Waals surface area contributed by atoms with Crippen molar-refractivity contribution >= 4 is 22.6 Å². The number of fused-ring (bicyclic) bond motifs is 1. The number of ether oxygens (including phenoxy) is 1. The SMILES string of the molecule is Cc1cc2ccccc2nc1N1CCC(Oc2ccc(C(N)=O)cc2)CC1. The summed E-state index contributed by atoms with van der Waals surface area (Å²) in [5, 5.41) is 1.18. The van der Waals surface area contributed by atoms with Crippen molar-refractivity contribution in [2.45, 2.75) is 25.9 Å². The number of carbonyl (C=O) groups excluding carboxylic acids is 1. The summed E-state index contributed by atoms with van der Waals surface area (Å²) >= 11 is 0. The fourth-order valence-corrected chi connectivity index (χ4v) is 3.61. The van der Waals surface area contributed by atoms with Crippen molar-refractivity contribution < 1.29 is 9.53 Å². The maximum atomic E-state index is 11.2. The number of benzene rings is 2. The van der Waals surface area contributed by atoms with E-state index in [9.17, 15) is 4.79 Å². The molecule has 4 rings (SSSR count). The summed E-state index contributed by atoms with van der Waals surface area (Å²) in [7, 11) is 0. The standard InChI is InChI=1S/C22H23N3O2/c1-15-14-17-4-2-3-5-20(17)24-22(15)25-12-10-19(11-13-25)27-18-8-6-16(7-9-18)21(23)26/h2-9,14,19H,10-13H2,1H3,(H2,23,26). The highest BCUT2D eigenvalue weighted by Gasteiger charge is 2.23. The molecule has 1 saturated heterocycles. The molecule has 5 heteroatoms. The van der Waals surface area contributed by atoms with Crippen LogP contribution in [0.15, 0.2) is 54.6 Å². The van der Waals surface area contributed by atoms with E-state index in [0.29, 0.717) is 5.56 Å². The number of hydrogen-bond donors (Lipinski definition) is 1. The van der Waals surface area contributed by atoms with Gasteiger partial charge in [0.05, 0.1) is 5.52 Å². The Labute approximate surface area is 158 Å². The molecule has 1 aromatic heterocycles. The van der Waals surface area contributed by atoms with E-state index in [1.807, 2.05) is 24.3 Å². The summed E-state index contributed by atoms with van der Waals surface area (Å²) < 4.78 is 6.08. The molecule has 138 valence electrons. The van der Waals surface area contributed by atoms with Crippen molar-refractivity contribution in [2.75, 3.05) is 18.0 Å². The molecule has 1 aliphatic rings. The van der Waals surface area contributed by atoms with Crippen LogP contribution in [0.2, 0.25) is 0 Å². The van der Waals surface area contributed by atoms with E-state index in [0.717, 1.165) is 43.0 Å².